The molecule has 26 heavy (non-hydrogen) atoms. The maximum atomic E-state index is 13.0. The summed E-state index contributed by atoms with van der Waals surface area (Å²) in [6, 6.07) is 8.19. The van der Waals surface area contributed by atoms with Crippen LogP contribution >= 0.6 is 11.3 Å². The van der Waals surface area contributed by atoms with E-state index in [4.69, 9.17) is 4.74 Å². The molecule has 1 fully saturated rings. The van der Waals surface area contributed by atoms with Crippen LogP contribution in [0.15, 0.2) is 41.1 Å². The molecule has 1 aromatic heterocycles. The first-order chi connectivity index (χ1) is 12.4. The maximum Gasteiger partial charge on any atom is 0.325 e. The molecule has 7 nitrogen and oxygen atoms in total. The normalized spacial score (nSPS) is 19.4. The number of carbonyl (C=O) groups is 3. The highest BCUT2D eigenvalue weighted by molar-refractivity contribution is 7.08. The third kappa shape index (κ3) is 2.92. The average Bonchev–Trinajstić information content (AvgIpc) is 3.25. The number of thiophene rings is 1. The third-order valence-electron chi connectivity index (χ3n) is 4.48. The number of nitrogens with zero attached hydrogens (tertiary/aromatic N) is 2. The van der Waals surface area contributed by atoms with Gasteiger partial charge in [0.2, 0.25) is 5.91 Å². The van der Waals surface area contributed by atoms with Gasteiger partial charge in [-0.15, -0.1) is 0 Å². The smallest absolute Gasteiger partial charge is 0.325 e. The van der Waals surface area contributed by atoms with Crippen molar-refractivity contribution in [2.75, 3.05) is 25.6 Å². The summed E-state index contributed by atoms with van der Waals surface area (Å²) in [6.45, 7) is 1.28. The molecular weight excluding hydrogens is 354 g/mol. The Morgan fingerprint density at radius 2 is 2.04 bits per heavy atom. The zero-order chi connectivity index (χ0) is 18.9. The summed E-state index contributed by atoms with van der Waals surface area (Å²) in [6.07, 6.45) is 0. The molecule has 0 saturated carbocycles. The van der Waals surface area contributed by atoms with Crippen molar-refractivity contribution in [1.29, 1.82) is 0 Å². The highest BCUT2D eigenvalue weighted by Gasteiger charge is 2.50. The Labute approximate surface area is 155 Å². The zero-order valence-corrected chi connectivity index (χ0v) is 15.5. The number of methoxy groups -OCH3 is 1. The number of benzene rings is 1. The Kier molecular flexibility index (Phi) is 4.69. The quantitative estimate of drug-likeness (QED) is 0.815. The number of nitrogens with one attached hydrogen (secondary N) is 1. The number of ether oxygens (including phenoxy) is 1. The summed E-state index contributed by atoms with van der Waals surface area (Å²) in [7, 11) is 3.11. The number of hydrogen-bond donors (Lipinski definition) is 1. The Morgan fingerprint density at radius 3 is 2.69 bits per heavy atom. The number of rotatable bonds is 5. The van der Waals surface area contributed by atoms with Crippen LogP contribution in [0.25, 0.3) is 0 Å². The van der Waals surface area contributed by atoms with E-state index in [0.29, 0.717) is 11.3 Å². The van der Waals surface area contributed by atoms with Gasteiger partial charge in [0.05, 0.1) is 12.8 Å². The lowest BCUT2D eigenvalue weighted by Crippen LogP contribution is -2.43. The number of carbonyl (C=O) groups excluding carboxylic acids is 3. The highest BCUT2D eigenvalue weighted by Crippen LogP contribution is 2.34. The molecule has 1 saturated heterocycles. The van der Waals surface area contributed by atoms with Gasteiger partial charge in [0, 0.05) is 18.0 Å². The first kappa shape index (κ1) is 17.9. The van der Waals surface area contributed by atoms with E-state index in [0.717, 1.165) is 10.6 Å². The Bertz CT molecular complexity index is 852. The third-order valence-corrected chi connectivity index (χ3v) is 5.15. The van der Waals surface area contributed by atoms with Crippen molar-refractivity contribution in [3.05, 3.63) is 46.7 Å². The van der Waals surface area contributed by atoms with Crippen molar-refractivity contribution in [2.45, 2.75) is 12.5 Å². The van der Waals surface area contributed by atoms with Crippen molar-refractivity contribution >= 4 is 34.9 Å². The number of hydrogen-bond acceptors (Lipinski definition) is 5. The van der Waals surface area contributed by atoms with E-state index in [9.17, 15) is 14.4 Å². The van der Waals surface area contributed by atoms with Crippen LogP contribution in [0.5, 0.6) is 5.75 Å². The molecule has 1 aliphatic heterocycles. The van der Waals surface area contributed by atoms with Crippen LogP contribution < -0.4 is 15.0 Å². The van der Waals surface area contributed by atoms with Gasteiger partial charge in [-0.25, -0.2) is 4.79 Å². The summed E-state index contributed by atoms with van der Waals surface area (Å²) in [5, 5.41) is 6.36. The molecular formula is C18H19N3O4S. The minimum absolute atomic E-state index is 0.332. The molecule has 0 bridgehead atoms. The van der Waals surface area contributed by atoms with Crippen LogP contribution in [0.1, 0.15) is 12.5 Å². The summed E-state index contributed by atoms with van der Waals surface area (Å²) < 4.78 is 5.31. The monoisotopic (exact) mass is 373 g/mol. The number of anilines is 1. The molecule has 2 heterocycles. The number of imide groups is 1. The molecule has 4 amide bonds. The zero-order valence-electron chi connectivity index (χ0n) is 14.7. The van der Waals surface area contributed by atoms with Gasteiger partial charge < -0.3 is 15.0 Å². The van der Waals surface area contributed by atoms with Crippen molar-refractivity contribution in [2.24, 2.45) is 0 Å². The lowest BCUT2D eigenvalue weighted by atomic mass is 9.91. The van der Waals surface area contributed by atoms with Crippen molar-refractivity contribution in [3.63, 3.8) is 0 Å². The fourth-order valence-corrected chi connectivity index (χ4v) is 3.59. The predicted molar refractivity (Wildman–Crippen MR) is 98.3 cm³/mol. The van der Waals surface area contributed by atoms with Crippen LogP contribution in [0, 0.1) is 0 Å². The summed E-state index contributed by atoms with van der Waals surface area (Å²) in [5.41, 5.74) is -0.0215. The molecule has 136 valence electrons. The molecule has 0 aliphatic carbocycles. The molecule has 8 heteroatoms. The van der Waals surface area contributed by atoms with Gasteiger partial charge in [0.15, 0.2) is 0 Å². The van der Waals surface area contributed by atoms with Crippen molar-refractivity contribution < 1.29 is 19.1 Å². The minimum Gasteiger partial charge on any atom is -0.496 e. The Hall–Kier alpha value is -2.87. The van der Waals surface area contributed by atoms with Crippen LogP contribution in [-0.2, 0) is 15.1 Å². The molecule has 1 atom stereocenters. The fraction of sp³-hybridized carbons (Fsp3) is 0.278. The van der Waals surface area contributed by atoms with E-state index >= 15 is 0 Å². The van der Waals surface area contributed by atoms with Gasteiger partial charge in [0.1, 0.15) is 17.8 Å². The van der Waals surface area contributed by atoms with Crippen LogP contribution in [0.4, 0.5) is 10.5 Å². The van der Waals surface area contributed by atoms with Gasteiger partial charge >= 0.3 is 6.03 Å². The molecule has 1 N–H and O–H groups in total. The topological polar surface area (TPSA) is 79.0 Å². The predicted octanol–water partition coefficient (Wildman–Crippen LogP) is 2.19. The largest absolute Gasteiger partial charge is 0.496 e. The molecule has 0 spiro atoms. The molecule has 3 rings (SSSR count). The van der Waals surface area contributed by atoms with E-state index in [1.54, 1.807) is 44.3 Å². The average molecular weight is 373 g/mol. The van der Waals surface area contributed by atoms with E-state index in [1.165, 1.54) is 23.3 Å². The number of para-hydroxylation sites is 1. The minimum atomic E-state index is -1.29. The summed E-state index contributed by atoms with van der Waals surface area (Å²) in [5.74, 6) is -0.345. The van der Waals surface area contributed by atoms with E-state index in [-0.39, 0.29) is 12.5 Å². The molecule has 0 radical (unpaired) electrons. The van der Waals surface area contributed by atoms with Gasteiger partial charge in [-0.1, -0.05) is 18.2 Å². The van der Waals surface area contributed by atoms with Gasteiger partial charge in [0.25, 0.3) is 5.91 Å². The second kappa shape index (κ2) is 6.80. The Morgan fingerprint density at radius 1 is 1.31 bits per heavy atom. The van der Waals surface area contributed by atoms with E-state index in [1.807, 2.05) is 10.8 Å². The second-order valence-electron chi connectivity index (χ2n) is 6.08. The molecule has 1 unspecified atom stereocenters. The maximum absolute atomic E-state index is 13.0. The Balaban J connectivity index is 1.84. The van der Waals surface area contributed by atoms with Crippen LogP contribution in [0.3, 0.4) is 0 Å². The summed E-state index contributed by atoms with van der Waals surface area (Å²) in [4.78, 5) is 40.2. The number of urea groups is 1. The lowest BCUT2D eigenvalue weighted by molar-refractivity contribution is -0.134. The van der Waals surface area contributed by atoms with Crippen LogP contribution in [-0.4, -0.2) is 43.4 Å². The first-order valence-corrected chi connectivity index (χ1v) is 8.89. The molecule has 1 aliphatic rings. The number of amides is 4. The molecule has 2 aromatic rings. The lowest BCUT2D eigenvalue weighted by Gasteiger charge is -2.24. The van der Waals surface area contributed by atoms with Gasteiger partial charge in [-0.2, -0.15) is 11.3 Å². The first-order valence-electron chi connectivity index (χ1n) is 7.95. The van der Waals surface area contributed by atoms with E-state index in [2.05, 4.69) is 5.32 Å². The van der Waals surface area contributed by atoms with Gasteiger partial charge in [-0.05, 0) is 24.4 Å². The fourth-order valence-electron chi connectivity index (χ4n) is 2.91. The van der Waals surface area contributed by atoms with Crippen molar-refractivity contribution in [3.8, 4) is 5.75 Å². The highest BCUT2D eigenvalue weighted by atomic mass is 32.1. The van der Waals surface area contributed by atoms with E-state index < -0.39 is 17.5 Å². The number of likely N-dealkylation sites (N-methyl/N-ethyl adjacent to an activating group) is 1. The van der Waals surface area contributed by atoms with Crippen molar-refractivity contribution in [1.82, 2.24) is 10.2 Å². The molecule has 1 aromatic carbocycles. The van der Waals surface area contributed by atoms with Gasteiger partial charge in [-0.3, -0.25) is 14.5 Å². The SMILES string of the molecule is COc1ccccc1C1(C)NC(=O)N(CC(=O)N(C)c2ccsc2)C1=O. The van der Waals surface area contributed by atoms with Crippen LogP contribution in [0.2, 0.25) is 0 Å². The second-order valence-corrected chi connectivity index (χ2v) is 6.86. The summed E-state index contributed by atoms with van der Waals surface area (Å²) >= 11 is 1.46. The standard InChI is InChI=1S/C18H19N3O4S/c1-18(13-6-4-5-7-14(13)25-3)16(23)21(17(24)19-18)10-15(22)20(2)12-8-9-26-11-12/h4-9,11H,10H2,1-3H3,(H,19,24).